The van der Waals surface area contributed by atoms with Gasteiger partial charge in [0.2, 0.25) is 0 Å². The zero-order chi connectivity index (χ0) is 14.7. The molecule has 0 atom stereocenters. The number of hydrogen-bond donors (Lipinski definition) is 1. The molecule has 2 heterocycles. The molecule has 0 saturated carbocycles. The molecule has 2 aromatic heterocycles. The molecular weight excluding hydrogens is 328 g/mol. The standard InChI is InChI=1S/C13H11ClN4OS2/c14-8-3-1-2-4-10(8)20-7-11-17-13(19-18-11)9-6-21-12(5-15)16-9/h1-4,6H,5,7,15H2. The van der Waals surface area contributed by atoms with Crippen LogP contribution in [-0.4, -0.2) is 15.1 Å². The average Bonchev–Trinajstić information content (AvgIpc) is 3.15. The second-order valence-corrected chi connectivity index (χ2v) is 6.43. The van der Waals surface area contributed by atoms with Crippen LogP contribution in [0.4, 0.5) is 0 Å². The number of aromatic nitrogens is 3. The van der Waals surface area contributed by atoms with Crippen LogP contribution in [0.3, 0.4) is 0 Å². The van der Waals surface area contributed by atoms with E-state index in [2.05, 4.69) is 15.1 Å². The van der Waals surface area contributed by atoms with Crippen molar-refractivity contribution in [1.82, 2.24) is 15.1 Å². The van der Waals surface area contributed by atoms with E-state index in [1.807, 2.05) is 29.6 Å². The second-order valence-electron chi connectivity index (χ2n) is 4.07. The van der Waals surface area contributed by atoms with Crippen LogP contribution in [0.2, 0.25) is 5.02 Å². The normalized spacial score (nSPS) is 11.0. The molecule has 0 fully saturated rings. The molecule has 3 rings (SSSR count). The van der Waals surface area contributed by atoms with Crippen LogP contribution in [0.25, 0.3) is 11.6 Å². The Morgan fingerprint density at radius 3 is 2.90 bits per heavy atom. The van der Waals surface area contributed by atoms with E-state index >= 15 is 0 Å². The average molecular weight is 339 g/mol. The Morgan fingerprint density at radius 1 is 1.29 bits per heavy atom. The first-order valence-corrected chi connectivity index (χ1v) is 8.35. The van der Waals surface area contributed by atoms with Gasteiger partial charge < -0.3 is 10.3 Å². The maximum absolute atomic E-state index is 6.10. The molecular formula is C13H11ClN4OS2. The largest absolute Gasteiger partial charge is 0.332 e. The summed E-state index contributed by atoms with van der Waals surface area (Å²) in [6.07, 6.45) is 0. The molecule has 0 aliphatic rings. The Balaban J connectivity index is 1.69. The van der Waals surface area contributed by atoms with Crippen molar-refractivity contribution in [2.75, 3.05) is 0 Å². The highest BCUT2D eigenvalue weighted by Crippen LogP contribution is 2.29. The summed E-state index contributed by atoms with van der Waals surface area (Å²) in [5, 5.41) is 7.38. The lowest BCUT2D eigenvalue weighted by molar-refractivity contribution is 0.424. The van der Waals surface area contributed by atoms with Crippen LogP contribution in [0.1, 0.15) is 10.8 Å². The first-order valence-electron chi connectivity index (χ1n) is 6.11. The van der Waals surface area contributed by atoms with E-state index < -0.39 is 0 Å². The van der Waals surface area contributed by atoms with Crippen LogP contribution < -0.4 is 5.73 Å². The smallest absolute Gasteiger partial charge is 0.277 e. The van der Waals surface area contributed by atoms with Gasteiger partial charge in [0.15, 0.2) is 5.82 Å². The van der Waals surface area contributed by atoms with Crippen molar-refractivity contribution in [3.63, 3.8) is 0 Å². The molecule has 5 nitrogen and oxygen atoms in total. The number of nitrogens with two attached hydrogens (primary N) is 1. The predicted octanol–water partition coefficient (Wildman–Crippen LogP) is 3.60. The highest BCUT2D eigenvalue weighted by Gasteiger charge is 2.12. The number of hydrogen-bond acceptors (Lipinski definition) is 7. The van der Waals surface area contributed by atoms with Crippen LogP contribution in [0.5, 0.6) is 0 Å². The van der Waals surface area contributed by atoms with Crippen molar-refractivity contribution in [3.05, 3.63) is 45.5 Å². The zero-order valence-corrected chi connectivity index (χ0v) is 13.2. The van der Waals surface area contributed by atoms with Crippen molar-refractivity contribution in [2.45, 2.75) is 17.2 Å². The third-order valence-corrected chi connectivity index (χ3v) is 4.99. The monoisotopic (exact) mass is 338 g/mol. The van der Waals surface area contributed by atoms with Crippen LogP contribution in [0, 0.1) is 0 Å². The van der Waals surface area contributed by atoms with Crippen LogP contribution in [0.15, 0.2) is 39.1 Å². The lowest BCUT2D eigenvalue weighted by Crippen LogP contribution is -1.94. The minimum Gasteiger partial charge on any atom is -0.332 e. The van der Waals surface area contributed by atoms with Crippen molar-refractivity contribution in [1.29, 1.82) is 0 Å². The van der Waals surface area contributed by atoms with E-state index in [4.69, 9.17) is 21.9 Å². The van der Waals surface area contributed by atoms with Crippen LogP contribution >= 0.6 is 34.7 Å². The minimum absolute atomic E-state index is 0.411. The van der Waals surface area contributed by atoms with Crippen LogP contribution in [-0.2, 0) is 12.3 Å². The van der Waals surface area contributed by atoms with Gasteiger partial charge in [-0.15, -0.1) is 23.1 Å². The molecule has 0 spiro atoms. The highest BCUT2D eigenvalue weighted by molar-refractivity contribution is 7.98. The number of nitrogens with zero attached hydrogens (tertiary/aromatic N) is 3. The highest BCUT2D eigenvalue weighted by atomic mass is 35.5. The maximum Gasteiger partial charge on any atom is 0.277 e. The number of thiazole rings is 1. The molecule has 21 heavy (non-hydrogen) atoms. The molecule has 2 N–H and O–H groups in total. The second kappa shape index (κ2) is 6.57. The molecule has 0 aliphatic carbocycles. The molecule has 0 saturated heterocycles. The summed E-state index contributed by atoms with van der Waals surface area (Å²) >= 11 is 9.15. The van der Waals surface area contributed by atoms with Gasteiger partial charge in [-0.1, -0.05) is 28.9 Å². The van der Waals surface area contributed by atoms with Gasteiger partial charge in [0.05, 0.1) is 10.8 Å². The third kappa shape index (κ3) is 3.44. The summed E-state index contributed by atoms with van der Waals surface area (Å²) in [4.78, 5) is 9.64. The Kier molecular flexibility index (Phi) is 4.54. The van der Waals surface area contributed by atoms with E-state index in [9.17, 15) is 0 Å². The van der Waals surface area contributed by atoms with Crippen molar-refractivity contribution in [2.24, 2.45) is 5.73 Å². The summed E-state index contributed by atoms with van der Waals surface area (Å²) in [7, 11) is 0. The molecule has 0 bridgehead atoms. The van der Waals surface area contributed by atoms with Crippen molar-refractivity contribution < 1.29 is 4.52 Å². The van der Waals surface area contributed by atoms with E-state index in [-0.39, 0.29) is 0 Å². The maximum atomic E-state index is 6.10. The zero-order valence-electron chi connectivity index (χ0n) is 10.8. The number of thioether (sulfide) groups is 1. The van der Waals surface area contributed by atoms with E-state index in [1.165, 1.54) is 11.3 Å². The first kappa shape index (κ1) is 14.5. The molecule has 108 valence electrons. The van der Waals surface area contributed by atoms with Gasteiger partial charge in [0.1, 0.15) is 10.7 Å². The van der Waals surface area contributed by atoms with Crippen molar-refractivity contribution >= 4 is 34.7 Å². The summed E-state index contributed by atoms with van der Waals surface area (Å²) < 4.78 is 5.22. The lowest BCUT2D eigenvalue weighted by atomic mass is 10.4. The van der Waals surface area contributed by atoms with Crippen molar-refractivity contribution in [3.8, 4) is 11.6 Å². The fraction of sp³-hybridized carbons (Fsp3) is 0.154. The number of rotatable bonds is 5. The Morgan fingerprint density at radius 2 is 2.14 bits per heavy atom. The molecule has 1 aromatic carbocycles. The van der Waals surface area contributed by atoms with Gasteiger partial charge in [-0.2, -0.15) is 4.98 Å². The van der Waals surface area contributed by atoms with Gasteiger partial charge in [-0.25, -0.2) is 4.98 Å². The summed E-state index contributed by atoms with van der Waals surface area (Å²) in [5.74, 6) is 1.61. The van der Waals surface area contributed by atoms with E-state index in [1.54, 1.807) is 11.8 Å². The summed E-state index contributed by atoms with van der Waals surface area (Å²) in [6, 6.07) is 7.66. The Hall–Kier alpha value is -1.41. The summed E-state index contributed by atoms with van der Waals surface area (Å²) in [5.41, 5.74) is 6.21. The fourth-order valence-electron chi connectivity index (χ4n) is 1.62. The quantitative estimate of drug-likeness (QED) is 0.716. The minimum atomic E-state index is 0.411. The van der Waals surface area contributed by atoms with Gasteiger partial charge in [0, 0.05) is 16.8 Å². The predicted molar refractivity (Wildman–Crippen MR) is 84.3 cm³/mol. The number of halogens is 1. The number of benzene rings is 1. The summed E-state index contributed by atoms with van der Waals surface area (Å²) in [6.45, 7) is 0.411. The van der Waals surface area contributed by atoms with E-state index in [0.717, 1.165) is 14.9 Å². The van der Waals surface area contributed by atoms with Gasteiger partial charge in [-0.3, -0.25) is 0 Å². The van der Waals surface area contributed by atoms with Gasteiger partial charge in [0.25, 0.3) is 5.89 Å². The third-order valence-electron chi connectivity index (χ3n) is 2.61. The topological polar surface area (TPSA) is 77.8 Å². The first-order chi connectivity index (χ1) is 10.3. The molecule has 0 radical (unpaired) electrons. The fourth-order valence-corrected chi connectivity index (χ4v) is 3.35. The molecule has 0 amide bonds. The molecule has 0 unspecified atom stereocenters. The molecule has 0 aliphatic heterocycles. The Bertz CT molecular complexity index is 743. The molecule has 3 aromatic rings. The van der Waals surface area contributed by atoms with Gasteiger partial charge >= 0.3 is 0 Å². The lowest BCUT2D eigenvalue weighted by Gasteiger charge is -2.00. The van der Waals surface area contributed by atoms with E-state index in [0.29, 0.717) is 29.7 Å². The van der Waals surface area contributed by atoms with Gasteiger partial charge in [-0.05, 0) is 12.1 Å². The SMILES string of the molecule is NCc1nc(-c2nc(CSc3ccccc3Cl)no2)cs1. The molecule has 8 heteroatoms. The Labute approximate surface area is 134 Å².